The molecule has 1 saturated heterocycles. The summed E-state index contributed by atoms with van der Waals surface area (Å²) in [5.74, 6) is -0.220. The van der Waals surface area contributed by atoms with Crippen molar-refractivity contribution < 1.29 is 14.0 Å². The van der Waals surface area contributed by atoms with Crippen LogP contribution in [0, 0.1) is 11.7 Å². The fourth-order valence-corrected chi connectivity index (χ4v) is 5.14. The molecule has 0 amide bonds. The topological polar surface area (TPSA) is 63.2 Å². The Hall–Kier alpha value is -1.61. The van der Waals surface area contributed by atoms with Gasteiger partial charge in [0.15, 0.2) is 10.9 Å². The third-order valence-corrected chi connectivity index (χ3v) is 6.96. The van der Waals surface area contributed by atoms with Crippen LogP contribution in [0.1, 0.15) is 43.5 Å². The highest BCUT2D eigenvalue weighted by molar-refractivity contribution is 8.14. The van der Waals surface area contributed by atoms with E-state index in [1.165, 1.54) is 17.8 Å². The van der Waals surface area contributed by atoms with Gasteiger partial charge in [0, 0.05) is 36.7 Å². The fraction of sp³-hybridized carbons (Fsp3) is 0.429. The third-order valence-electron chi connectivity index (χ3n) is 5.31. The van der Waals surface area contributed by atoms with Gasteiger partial charge in [-0.15, -0.1) is 12.4 Å². The van der Waals surface area contributed by atoms with Gasteiger partial charge < -0.3 is 0 Å². The Labute approximate surface area is 189 Å². The van der Waals surface area contributed by atoms with Gasteiger partial charge in [0.1, 0.15) is 5.82 Å². The summed E-state index contributed by atoms with van der Waals surface area (Å²) in [6, 6.07) is 5.96. The molecule has 2 unspecified atom stereocenters. The van der Waals surface area contributed by atoms with E-state index in [0.717, 1.165) is 42.3 Å². The first-order chi connectivity index (χ1) is 14.0. The minimum Gasteiger partial charge on any atom is -0.297 e. The Morgan fingerprint density at radius 3 is 2.70 bits per heavy atom. The summed E-state index contributed by atoms with van der Waals surface area (Å²) in [6.07, 6.45) is 6.13. The number of rotatable bonds is 6. The molecule has 1 aromatic carbocycles. The fourth-order valence-electron chi connectivity index (χ4n) is 3.82. The maximum absolute atomic E-state index is 14.6. The number of thioether (sulfide) groups is 1. The first-order valence-electron chi connectivity index (χ1n) is 9.70. The van der Waals surface area contributed by atoms with Gasteiger partial charge in [-0.05, 0) is 37.0 Å². The Kier molecular flexibility index (Phi) is 7.79. The van der Waals surface area contributed by atoms with Crippen molar-refractivity contribution in [3.8, 4) is 0 Å². The highest BCUT2D eigenvalue weighted by atomic mass is 35.5. The summed E-state index contributed by atoms with van der Waals surface area (Å²) in [4.78, 5) is 26.9. The molecule has 1 aliphatic carbocycles. The van der Waals surface area contributed by atoms with Crippen LogP contribution in [-0.4, -0.2) is 42.9 Å². The van der Waals surface area contributed by atoms with E-state index in [1.54, 1.807) is 31.3 Å². The number of carbonyl (C=O) groups is 2. The van der Waals surface area contributed by atoms with Gasteiger partial charge in [-0.3, -0.25) is 14.5 Å². The lowest BCUT2D eigenvalue weighted by Gasteiger charge is -2.38. The first kappa shape index (κ1) is 23.1. The molecule has 2 aromatic rings. The minimum atomic E-state index is -0.594. The number of benzene rings is 1. The molecule has 2 fully saturated rings. The first-order valence-corrected chi connectivity index (χ1v) is 11.3. The molecule has 1 saturated carbocycles. The van der Waals surface area contributed by atoms with Gasteiger partial charge in [-0.25, -0.2) is 4.39 Å². The van der Waals surface area contributed by atoms with E-state index < -0.39 is 6.04 Å². The summed E-state index contributed by atoms with van der Waals surface area (Å²) in [5, 5.41) is 0.0909. The molecule has 1 aromatic heterocycles. The molecule has 30 heavy (non-hydrogen) atoms. The largest absolute Gasteiger partial charge is 0.297 e. The summed E-state index contributed by atoms with van der Waals surface area (Å²) < 4.78 is 22.9. The number of piperidine rings is 1. The number of hydrogen-bond donors (Lipinski definition) is 0. The van der Waals surface area contributed by atoms with E-state index in [9.17, 15) is 14.0 Å². The van der Waals surface area contributed by atoms with E-state index in [2.05, 4.69) is 13.6 Å². The van der Waals surface area contributed by atoms with Crippen molar-refractivity contribution in [3.05, 3.63) is 53.1 Å². The smallest absolute Gasteiger partial charge is 0.186 e. The highest BCUT2D eigenvalue weighted by Crippen LogP contribution is 2.40. The Balaban J connectivity index is 0.00000256. The van der Waals surface area contributed by atoms with Crippen LogP contribution in [0.2, 0.25) is 0 Å². The predicted molar refractivity (Wildman–Crippen MR) is 120 cm³/mol. The number of hydrogen-bond acceptors (Lipinski definition) is 7. The molecular weight excluding hydrogens is 445 g/mol. The summed E-state index contributed by atoms with van der Waals surface area (Å²) in [7, 11) is 0. The van der Waals surface area contributed by atoms with Crippen LogP contribution in [0.25, 0.3) is 6.08 Å². The second-order valence-corrected chi connectivity index (χ2v) is 9.45. The standard InChI is InChI=1S/C21H22FN3O2S2.ClH/c1-13(26)28-19-8-9-25(12-15(19)10-16-11-23-29-24-16)20(21(27)14-6-7-14)17-4-2-3-5-18(17)22;/h2-5,10-11,14,19-20H,6-9,12H2,1H3;1H/b15-10+;. The van der Waals surface area contributed by atoms with Crippen molar-refractivity contribution in [3.63, 3.8) is 0 Å². The molecule has 2 aliphatic rings. The van der Waals surface area contributed by atoms with Crippen molar-refractivity contribution in [1.29, 1.82) is 0 Å². The monoisotopic (exact) mass is 467 g/mol. The average Bonchev–Trinajstić information content (AvgIpc) is 3.42. The molecule has 1 aliphatic heterocycles. The van der Waals surface area contributed by atoms with Gasteiger partial charge in [0.05, 0.1) is 29.7 Å². The minimum absolute atomic E-state index is 0. The Morgan fingerprint density at radius 1 is 1.30 bits per heavy atom. The second-order valence-electron chi connectivity index (χ2n) is 7.51. The van der Waals surface area contributed by atoms with E-state index >= 15 is 0 Å². The Bertz CT molecular complexity index is 934. The van der Waals surface area contributed by atoms with Crippen LogP contribution in [0.3, 0.4) is 0 Å². The lowest BCUT2D eigenvalue weighted by molar-refractivity contribution is -0.126. The number of ketones is 1. The zero-order valence-corrected chi connectivity index (χ0v) is 18.9. The highest BCUT2D eigenvalue weighted by Gasteiger charge is 2.41. The maximum Gasteiger partial charge on any atom is 0.186 e. The summed E-state index contributed by atoms with van der Waals surface area (Å²) in [5.41, 5.74) is 2.21. The van der Waals surface area contributed by atoms with Crippen LogP contribution in [0.4, 0.5) is 4.39 Å². The average molecular weight is 468 g/mol. The van der Waals surface area contributed by atoms with Crippen molar-refractivity contribution in [2.45, 2.75) is 37.5 Å². The van der Waals surface area contributed by atoms with Gasteiger partial charge in [-0.1, -0.05) is 30.0 Å². The second kappa shape index (κ2) is 10.1. The zero-order valence-electron chi connectivity index (χ0n) is 16.5. The van der Waals surface area contributed by atoms with E-state index in [0.29, 0.717) is 18.7 Å². The molecule has 2 atom stereocenters. The van der Waals surface area contributed by atoms with E-state index in [-0.39, 0.29) is 40.3 Å². The normalized spacial score (nSPS) is 21.8. The lowest BCUT2D eigenvalue weighted by atomic mass is 9.93. The van der Waals surface area contributed by atoms with Crippen LogP contribution >= 0.6 is 35.9 Å². The van der Waals surface area contributed by atoms with Gasteiger partial charge in [0.2, 0.25) is 0 Å². The molecule has 2 heterocycles. The zero-order chi connectivity index (χ0) is 20.4. The van der Waals surface area contributed by atoms with Crippen molar-refractivity contribution in [2.75, 3.05) is 13.1 Å². The summed E-state index contributed by atoms with van der Waals surface area (Å²) >= 11 is 2.44. The number of aromatic nitrogens is 2. The van der Waals surface area contributed by atoms with Crippen LogP contribution < -0.4 is 0 Å². The van der Waals surface area contributed by atoms with Crippen LogP contribution in [0.5, 0.6) is 0 Å². The molecule has 5 nitrogen and oxygen atoms in total. The molecule has 4 rings (SSSR count). The van der Waals surface area contributed by atoms with E-state index in [4.69, 9.17) is 0 Å². The molecule has 9 heteroatoms. The van der Waals surface area contributed by atoms with Crippen LogP contribution in [-0.2, 0) is 9.59 Å². The molecule has 0 radical (unpaired) electrons. The van der Waals surface area contributed by atoms with Gasteiger partial charge in [-0.2, -0.15) is 8.75 Å². The molecule has 0 bridgehead atoms. The number of carbonyl (C=O) groups excluding carboxylic acids is 2. The number of nitrogens with zero attached hydrogens (tertiary/aromatic N) is 3. The Morgan fingerprint density at radius 2 is 2.07 bits per heavy atom. The lowest BCUT2D eigenvalue weighted by Crippen LogP contribution is -2.43. The summed E-state index contributed by atoms with van der Waals surface area (Å²) in [6.45, 7) is 2.70. The molecule has 0 N–H and O–H groups in total. The molecule has 0 spiro atoms. The van der Waals surface area contributed by atoms with Gasteiger partial charge in [0.25, 0.3) is 0 Å². The van der Waals surface area contributed by atoms with Gasteiger partial charge >= 0.3 is 0 Å². The quantitative estimate of drug-likeness (QED) is 0.620. The molecule has 160 valence electrons. The number of Topliss-reactive ketones (excluding diaryl/α,β-unsaturated/α-hetero) is 1. The van der Waals surface area contributed by atoms with E-state index in [1.807, 2.05) is 6.08 Å². The molecular formula is C21H23ClFN3O2S2. The maximum atomic E-state index is 14.6. The van der Waals surface area contributed by atoms with Crippen molar-refractivity contribution in [2.24, 2.45) is 5.92 Å². The predicted octanol–water partition coefficient (Wildman–Crippen LogP) is 4.56. The number of halogens is 2. The van der Waals surface area contributed by atoms with Crippen molar-refractivity contribution in [1.82, 2.24) is 13.6 Å². The number of likely N-dealkylation sites (tertiary alicyclic amines) is 1. The third kappa shape index (κ3) is 5.35. The van der Waals surface area contributed by atoms with Crippen LogP contribution in [0.15, 0.2) is 36.0 Å². The SMILES string of the molecule is CC(=O)SC1CCN(C(C(=O)C2CC2)c2ccccc2F)C/C1=C\c1cnsn1.Cl. The van der Waals surface area contributed by atoms with Crippen molar-refractivity contribution >= 4 is 52.9 Å².